The van der Waals surface area contributed by atoms with Crippen LogP contribution in [-0.4, -0.2) is 46.0 Å². The Labute approximate surface area is 65.2 Å². The highest BCUT2D eigenvalue weighted by molar-refractivity contribution is 6.55. The van der Waals surface area contributed by atoms with Crippen LogP contribution in [0, 0.1) is 0 Å². The second-order valence-corrected chi connectivity index (χ2v) is 6.60. The van der Waals surface area contributed by atoms with Crippen LogP contribution in [0.3, 0.4) is 0 Å². The van der Waals surface area contributed by atoms with Gasteiger partial charge in [-0.3, -0.25) is 0 Å². The average molecular weight is 158 g/mol. The van der Waals surface area contributed by atoms with E-state index < -0.39 is 0 Å². The number of rotatable bonds is 2. The van der Waals surface area contributed by atoms with Gasteiger partial charge in [0.25, 0.3) is 0 Å². The van der Waals surface area contributed by atoms with Gasteiger partial charge in [-0.25, -0.2) is 0 Å². The van der Waals surface area contributed by atoms with Crippen molar-refractivity contribution in [2.24, 2.45) is 0 Å². The van der Waals surface area contributed by atoms with Crippen molar-refractivity contribution in [1.82, 2.24) is 10.2 Å². The van der Waals surface area contributed by atoms with Gasteiger partial charge < -0.3 is 10.2 Å². The second kappa shape index (κ2) is 4.11. The summed E-state index contributed by atoms with van der Waals surface area (Å²) in [5, 5.41) is 3.36. The molecular formula is C7H18N2Si. The SMILES string of the molecule is C[SiH](C)CN1CCNCC1. The molecule has 0 aromatic carbocycles. The molecule has 0 spiro atoms. The van der Waals surface area contributed by atoms with E-state index in [1.54, 1.807) is 0 Å². The summed E-state index contributed by atoms with van der Waals surface area (Å²) in [5.41, 5.74) is 0. The van der Waals surface area contributed by atoms with E-state index in [9.17, 15) is 0 Å². The zero-order valence-corrected chi connectivity index (χ0v) is 8.21. The molecule has 1 aliphatic heterocycles. The van der Waals surface area contributed by atoms with Crippen molar-refractivity contribution in [2.75, 3.05) is 32.3 Å². The zero-order valence-electron chi connectivity index (χ0n) is 7.06. The summed E-state index contributed by atoms with van der Waals surface area (Å²) >= 11 is 0. The number of nitrogens with one attached hydrogen (secondary N) is 1. The zero-order chi connectivity index (χ0) is 7.40. The summed E-state index contributed by atoms with van der Waals surface area (Å²) in [5.74, 6) is 0. The molecule has 0 aromatic heterocycles. The summed E-state index contributed by atoms with van der Waals surface area (Å²) in [6.07, 6.45) is 1.40. The maximum atomic E-state index is 3.36. The van der Waals surface area contributed by atoms with Crippen LogP contribution in [0.15, 0.2) is 0 Å². The number of hydrogen-bond donors (Lipinski definition) is 1. The van der Waals surface area contributed by atoms with Crippen molar-refractivity contribution in [1.29, 1.82) is 0 Å². The van der Waals surface area contributed by atoms with Crippen LogP contribution in [0.2, 0.25) is 13.1 Å². The summed E-state index contributed by atoms with van der Waals surface area (Å²) in [6, 6.07) is 0. The van der Waals surface area contributed by atoms with Gasteiger partial charge in [0, 0.05) is 35.0 Å². The fraction of sp³-hybridized carbons (Fsp3) is 1.00. The maximum absolute atomic E-state index is 3.36. The summed E-state index contributed by atoms with van der Waals surface area (Å²) in [6.45, 7) is 9.77. The van der Waals surface area contributed by atoms with E-state index in [1.807, 2.05) is 0 Å². The Morgan fingerprint density at radius 3 is 2.40 bits per heavy atom. The lowest BCUT2D eigenvalue weighted by Crippen LogP contribution is -2.46. The molecule has 1 heterocycles. The van der Waals surface area contributed by atoms with Crippen molar-refractivity contribution >= 4 is 8.80 Å². The highest BCUT2D eigenvalue weighted by Crippen LogP contribution is 1.93. The van der Waals surface area contributed by atoms with Crippen molar-refractivity contribution in [3.63, 3.8) is 0 Å². The van der Waals surface area contributed by atoms with Gasteiger partial charge in [-0.05, 0) is 6.17 Å². The minimum atomic E-state index is -0.346. The molecule has 0 saturated carbocycles. The van der Waals surface area contributed by atoms with Crippen LogP contribution in [-0.2, 0) is 0 Å². The van der Waals surface area contributed by atoms with Gasteiger partial charge in [-0.2, -0.15) is 0 Å². The molecule has 0 aliphatic carbocycles. The third-order valence-electron chi connectivity index (χ3n) is 1.83. The van der Waals surface area contributed by atoms with Gasteiger partial charge in [-0.15, -0.1) is 0 Å². The van der Waals surface area contributed by atoms with Gasteiger partial charge in [0.1, 0.15) is 0 Å². The standard InChI is InChI=1S/C7H18N2Si/c1-10(2)7-9-5-3-8-4-6-9/h8,10H,3-7H2,1-2H3. The molecular weight excluding hydrogens is 140 g/mol. The van der Waals surface area contributed by atoms with Gasteiger partial charge in [-0.1, -0.05) is 13.1 Å². The molecule has 1 aliphatic rings. The smallest absolute Gasteiger partial charge is 0.0469 e. The Morgan fingerprint density at radius 2 is 1.90 bits per heavy atom. The van der Waals surface area contributed by atoms with Crippen LogP contribution < -0.4 is 5.32 Å². The van der Waals surface area contributed by atoms with Crippen LogP contribution in [0.4, 0.5) is 0 Å². The van der Waals surface area contributed by atoms with E-state index >= 15 is 0 Å². The van der Waals surface area contributed by atoms with Crippen molar-refractivity contribution in [3.8, 4) is 0 Å². The number of piperazine rings is 1. The Hall–Kier alpha value is 0.137. The molecule has 0 aromatic rings. The van der Waals surface area contributed by atoms with E-state index in [2.05, 4.69) is 23.3 Å². The molecule has 10 heavy (non-hydrogen) atoms. The fourth-order valence-corrected chi connectivity index (χ4v) is 2.81. The summed E-state index contributed by atoms with van der Waals surface area (Å²) < 4.78 is 0. The van der Waals surface area contributed by atoms with E-state index in [4.69, 9.17) is 0 Å². The Morgan fingerprint density at radius 1 is 1.30 bits per heavy atom. The van der Waals surface area contributed by atoms with E-state index in [-0.39, 0.29) is 8.80 Å². The highest BCUT2D eigenvalue weighted by atomic mass is 28.3. The van der Waals surface area contributed by atoms with Gasteiger partial charge in [0.15, 0.2) is 0 Å². The minimum Gasteiger partial charge on any atom is -0.314 e. The maximum Gasteiger partial charge on any atom is 0.0469 e. The molecule has 0 radical (unpaired) electrons. The van der Waals surface area contributed by atoms with Gasteiger partial charge in [0.05, 0.1) is 0 Å². The molecule has 0 amide bonds. The second-order valence-electron chi connectivity index (χ2n) is 3.44. The predicted octanol–water partition coefficient (Wildman–Crippen LogP) is -0.0825. The Bertz CT molecular complexity index is 89.6. The molecule has 0 atom stereocenters. The van der Waals surface area contributed by atoms with Gasteiger partial charge >= 0.3 is 0 Å². The van der Waals surface area contributed by atoms with E-state index in [0.29, 0.717) is 0 Å². The lowest BCUT2D eigenvalue weighted by Gasteiger charge is -2.28. The highest BCUT2D eigenvalue weighted by Gasteiger charge is 2.10. The molecule has 0 bridgehead atoms. The first-order valence-electron chi connectivity index (χ1n) is 4.22. The van der Waals surface area contributed by atoms with Crippen LogP contribution in [0.5, 0.6) is 0 Å². The molecule has 3 heteroatoms. The van der Waals surface area contributed by atoms with E-state index in [1.165, 1.54) is 32.3 Å². The Balaban J connectivity index is 2.13. The Kier molecular flexibility index (Phi) is 3.38. The van der Waals surface area contributed by atoms with Gasteiger partial charge in [0.2, 0.25) is 0 Å². The van der Waals surface area contributed by atoms with Crippen molar-refractivity contribution in [2.45, 2.75) is 13.1 Å². The third kappa shape index (κ3) is 2.81. The summed E-state index contributed by atoms with van der Waals surface area (Å²) in [4.78, 5) is 2.59. The van der Waals surface area contributed by atoms with Crippen LogP contribution in [0.25, 0.3) is 0 Å². The minimum absolute atomic E-state index is 0.346. The lowest BCUT2D eigenvalue weighted by atomic mass is 10.4. The fourth-order valence-electron chi connectivity index (χ4n) is 1.41. The molecule has 1 fully saturated rings. The first kappa shape index (κ1) is 8.24. The largest absolute Gasteiger partial charge is 0.314 e. The predicted molar refractivity (Wildman–Crippen MR) is 48.2 cm³/mol. The topological polar surface area (TPSA) is 15.3 Å². The quantitative estimate of drug-likeness (QED) is 0.565. The molecule has 60 valence electrons. The first-order valence-corrected chi connectivity index (χ1v) is 7.34. The lowest BCUT2D eigenvalue weighted by molar-refractivity contribution is 0.274. The monoisotopic (exact) mass is 158 g/mol. The van der Waals surface area contributed by atoms with Crippen molar-refractivity contribution < 1.29 is 0 Å². The number of nitrogens with zero attached hydrogens (tertiary/aromatic N) is 1. The average Bonchev–Trinajstić information content (AvgIpc) is 1.88. The molecule has 2 nitrogen and oxygen atoms in total. The molecule has 1 N–H and O–H groups in total. The number of hydrogen-bond acceptors (Lipinski definition) is 2. The molecule has 0 unspecified atom stereocenters. The van der Waals surface area contributed by atoms with Crippen molar-refractivity contribution in [3.05, 3.63) is 0 Å². The molecule has 1 saturated heterocycles. The van der Waals surface area contributed by atoms with E-state index in [0.717, 1.165) is 0 Å². The summed E-state index contributed by atoms with van der Waals surface area (Å²) in [7, 11) is -0.346. The third-order valence-corrected chi connectivity index (χ3v) is 3.08. The van der Waals surface area contributed by atoms with Crippen LogP contribution >= 0.6 is 0 Å². The normalized spacial score (nSPS) is 21.9. The molecule has 1 rings (SSSR count). The first-order chi connectivity index (χ1) is 4.79. The van der Waals surface area contributed by atoms with Crippen LogP contribution in [0.1, 0.15) is 0 Å².